The standard InChI is InChI=1S/C15H17ClN2O/c1-4-9(2)18-15(19)13-7-10(3)17-14-6-5-11(16)8-12(13)14/h5-9H,4H2,1-3H3,(H,18,19). The van der Waals surface area contributed by atoms with E-state index in [0.717, 1.165) is 23.0 Å². The van der Waals surface area contributed by atoms with E-state index in [1.54, 1.807) is 18.2 Å². The molecule has 19 heavy (non-hydrogen) atoms. The molecule has 0 aliphatic heterocycles. The van der Waals surface area contributed by atoms with Crippen molar-refractivity contribution >= 4 is 28.4 Å². The molecule has 0 aliphatic carbocycles. The van der Waals surface area contributed by atoms with Crippen LogP contribution in [0, 0.1) is 6.92 Å². The summed E-state index contributed by atoms with van der Waals surface area (Å²) in [5, 5.41) is 4.37. The van der Waals surface area contributed by atoms with Crippen LogP contribution in [-0.2, 0) is 0 Å². The van der Waals surface area contributed by atoms with Crippen molar-refractivity contribution in [2.45, 2.75) is 33.2 Å². The van der Waals surface area contributed by atoms with Crippen LogP contribution in [0.1, 0.15) is 36.3 Å². The maximum absolute atomic E-state index is 12.3. The molecule has 0 bridgehead atoms. The summed E-state index contributed by atoms with van der Waals surface area (Å²) in [6.07, 6.45) is 0.897. The van der Waals surface area contributed by atoms with Crippen LogP contribution in [0.3, 0.4) is 0 Å². The van der Waals surface area contributed by atoms with Gasteiger partial charge in [-0.2, -0.15) is 0 Å². The van der Waals surface area contributed by atoms with Crippen molar-refractivity contribution in [1.29, 1.82) is 0 Å². The fraction of sp³-hybridized carbons (Fsp3) is 0.333. The smallest absolute Gasteiger partial charge is 0.252 e. The fourth-order valence-electron chi connectivity index (χ4n) is 1.92. The fourth-order valence-corrected chi connectivity index (χ4v) is 2.09. The summed E-state index contributed by atoms with van der Waals surface area (Å²) in [5.41, 5.74) is 2.24. The van der Waals surface area contributed by atoms with Crippen molar-refractivity contribution in [2.24, 2.45) is 0 Å². The zero-order chi connectivity index (χ0) is 14.0. The van der Waals surface area contributed by atoms with E-state index in [0.29, 0.717) is 10.6 Å². The number of benzene rings is 1. The Bertz CT molecular complexity index is 625. The summed E-state index contributed by atoms with van der Waals surface area (Å²) in [7, 11) is 0. The molecule has 2 aromatic rings. The highest BCUT2D eigenvalue weighted by atomic mass is 35.5. The number of amides is 1. The van der Waals surface area contributed by atoms with Gasteiger partial charge in [-0.25, -0.2) is 0 Å². The first-order valence-electron chi connectivity index (χ1n) is 6.39. The number of fused-ring (bicyclic) bond motifs is 1. The van der Waals surface area contributed by atoms with Crippen molar-refractivity contribution in [3.8, 4) is 0 Å². The third-order valence-corrected chi connectivity index (χ3v) is 3.37. The normalized spacial score (nSPS) is 12.4. The molecule has 1 N–H and O–H groups in total. The second-order valence-corrected chi connectivity index (χ2v) is 5.19. The molecule has 4 heteroatoms. The number of nitrogens with one attached hydrogen (secondary N) is 1. The lowest BCUT2D eigenvalue weighted by molar-refractivity contribution is 0.0941. The van der Waals surface area contributed by atoms with E-state index in [4.69, 9.17) is 11.6 Å². The van der Waals surface area contributed by atoms with Crippen molar-refractivity contribution in [3.63, 3.8) is 0 Å². The molecule has 0 aliphatic rings. The van der Waals surface area contributed by atoms with Crippen LogP contribution in [0.5, 0.6) is 0 Å². The van der Waals surface area contributed by atoms with E-state index in [2.05, 4.69) is 10.3 Å². The summed E-state index contributed by atoms with van der Waals surface area (Å²) in [4.78, 5) is 16.7. The minimum atomic E-state index is -0.0767. The molecule has 0 saturated carbocycles. The monoisotopic (exact) mass is 276 g/mol. The minimum absolute atomic E-state index is 0.0767. The molecule has 3 nitrogen and oxygen atoms in total. The van der Waals surface area contributed by atoms with Gasteiger partial charge >= 0.3 is 0 Å². The van der Waals surface area contributed by atoms with Crippen molar-refractivity contribution < 1.29 is 4.79 Å². The second kappa shape index (κ2) is 5.57. The van der Waals surface area contributed by atoms with E-state index in [1.807, 2.05) is 26.8 Å². The molecule has 100 valence electrons. The van der Waals surface area contributed by atoms with Crippen LogP contribution in [0.2, 0.25) is 5.02 Å². The molecule has 0 spiro atoms. The summed E-state index contributed by atoms with van der Waals surface area (Å²) < 4.78 is 0. The molecule has 0 saturated heterocycles. The zero-order valence-corrected chi connectivity index (χ0v) is 12.1. The van der Waals surface area contributed by atoms with E-state index in [-0.39, 0.29) is 11.9 Å². The first-order valence-corrected chi connectivity index (χ1v) is 6.77. The highest BCUT2D eigenvalue weighted by Gasteiger charge is 2.13. The molecular formula is C15H17ClN2O. The highest BCUT2D eigenvalue weighted by molar-refractivity contribution is 6.31. The topological polar surface area (TPSA) is 42.0 Å². The average Bonchev–Trinajstić information content (AvgIpc) is 2.38. The van der Waals surface area contributed by atoms with Gasteiger partial charge in [-0.15, -0.1) is 0 Å². The second-order valence-electron chi connectivity index (χ2n) is 4.76. The maximum Gasteiger partial charge on any atom is 0.252 e. The number of carbonyl (C=O) groups is 1. The van der Waals surface area contributed by atoms with Crippen LogP contribution < -0.4 is 5.32 Å². The van der Waals surface area contributed by atoms with Crippen molar-refractivity contribution in [3.05, 3.63) is 40.5 Å². The van der Waals surface area contributed by atoms with Crippen LogP contribution in [0.4, 0.5) is 0 Å². The van der Waals surface area contributed by atoms with E-state index in [1.165, 1.54) is 0 Å². The number of pyridine rings is 1. The summed E-state index contributed by atoms with van der Waals surface area (Å²) in [6.45, 7) is 5.91. The molecule has 1 amide bonds. The van der Waals surface area contributed by atoms with Crippen LogP contribution in [-0.4, -0.2) is 16.9 Å². The molecule has 1 unspecified atom stereocenters. The van der Waals surface area contributed by atoms with Gasteiger partial charge in [0.05, 0.1) is 11.1 Å². The van der Waals surface area contributed by atoms with Crippen molar-refractivity contribution in [2.75, 3.05) is 0 Å². The predicted octanol–water partition coefficient (Wildman–Crippen LogP) is 3.72. The Morgan fingerprint density at radius 1 is 1.42 bits per heavy atom. The van der Waals surface area contributed by atoms with Gasteiger partial charge in [-0.05, 0) is 44.5 Å². The molecule has 0 fully saturated rings. The number of aromatic nitrogens is 1. The van der Waals surface area contributed by atoms with Crippen LogP contribution in [0.15, 0.2) is 24.3 Å². The summed E-state index contributed by atoms with van der Waals surface area (Å²) >= 11 is 6.01. The molecule has 1 aromatic heterocycles. The third-order valence-electron chi connectivity index (χ3n) is 3.13. The SMILES string of the molecule is CCC(C)NC(=O)c1cc(C)nc2ccc(Cl)cc12. The van der Waals surface area contributed by atoms with Gasteiger partial charge in [0, 0.05) is 22.1 Å². The first-order chi connectivity index (χ1) is 9.01. The van der Waals surface area contributed by atoms with Crippen LogP contribution >= 0.6 is 11.6 Å². The molecule has 2 rings (SSSR count). The predicted molar refractivity (Wildman–Crippen MR) is 78.7 cm³/mol. The third kappa shape index (κ3) is 3.04. The largest absolute Gasteiger partial charge is 0.350 e. The Kier molecular flexibility index (Phi) is 4.05. The first kappa shape index (κ1) is 13.8. The van der Waals surface area contributed by atoms with E-state index in [9.17, 15) is 4.79 Å². The number of rotatable bonds is 3. The Hall–Kier alpha value is -1.61. The molecule has 0 radical (unpaired) electrons. The zero-order valence-electron chi connectivity index (χ0n) is 11.3. The lowest BCUT2D eigenvalue weighted by atomic mass is 10.1. The summed E-state index contributed by atoms with van der Waals surface area (Å²) in [5.74, 6) is -0.0767. The quantitative estimate of drug-likeness (QED) is 0.928. The molecule has 1 aromatic carbocycles. The minimum Gasteiger partial charge on any atom is -0.350 e. The van der Waals surface area contributed by atoms with Gasteiger partial charge in [0.25, 0.3) is 5.91 Å². The number of hydrogen-bond acceptors (Lipinski definition) is 2. The van der Waals surface area contributed by atoms with Gasteiger partial charge in [0.1, 0.15) is 0 Å². The lowest BCUT2D eigenvalue weighted by Gasteiger charge is -2.13. The molecular weight excluding hydrogens is 260 g/mol. The number of hydrogen-bond donors (Lipinski definition) is 1. The highest BCUT2D eigenvalue weighted by Crippen LogP contribution is 2.22. The van der Waals surface area contributed by atoms with Gasteiger partial charge in [-0.3, -0.25) is 9.78 Å². The van der Waals surface area contributed by atoms with Gasteiger partial charge in [0.15, 0.2) is 0 Å². The molecule has 1 atom stereocenters. The van der Waals surface area contributed by atoms with Gasteiger partial charge in [-0.1, -0.05) is 18.5 Å². The number of nitrogens with zero attached hydrogens (tertiary/aromatic N) is 1. The maximum atomic E-state index is 12.3. The average molecular weight is 277 g/mol. The van der Waals surface area contributed by atoms with E-state index >= 15 is 0 Å². The number of aryl methyl sites for hydroxylation is 1. The lowest BCUT2D eigenvalue weighted by Crippen LogP contribution is -2.32. The Morgan fingerprint density at radius 2 is 2.16 bits per heavy atom. The van der Waals surface area contributed by atoms with Gasteiger partial charge < -0.3 is 5.32 Å². The number of halogens is 1. The Labute approximate surface area is 118 Å². The summed E-state index contributed by atoms with van der Waals surface area (Å²) in [6, 6.07) is 7.36. The van der Waals surface area contributed by atoms with Gasteiger partial charge in [0.2, 0.25) is 0 Å². The Balaban J connectivity index is 2.52. The molecule has 1 heterocycles. The Morgan fingerprint density at radius 3 is 2.84 bits per heavy atom. The number of carbonyl (C=O) groups excluding carboxylic acids is 1. The van der Waals surface area contributed by atoms with E-state index < -0.39 is 0 Å². The van der Waals surface area contributed by atoms with Crippen LogP contribution in [0.25, 0.3) is 10.9 Å². The van der Waals surface area contributed by atoms with Crippen molar-refractivity contribution in [1.82, 2.24) is 10.3 Å².